The van der Waals surface area contributed by atoms with Crippen molar-refractivity contribution in [1.82, 2.24) is 0 Å². The first-order chi connectivity index (χ1) is 14.5. The summed E-state index contributed by atoms with van der Waals surface area (Å²) in [6.45, 7) is 1.79. The van der Waals surface area contributed by atoms with Crippen LogP contribution in [-0.2, 0) is 9.59 Å². The summed E-state index contributed by atoms with van der Waals surface area (Å²) in [5.74, 6) is -0.129. The van der Waals surface area contributed by atoms with Crippen LogP contribution in [0, 0.1) is 6.92 Å². The van der Waals surface area contributed by atoms with Gasteiger partial charge in [0.05, 0.1) is 18.4 Å². The van der Waals surface area contributed by atoms with E-state index in [2.05, 4.69) is 5.32 Å². The topological polar surface area (TPSA) is 58.6 Å². The first kappa shape index (κ1) is 19.7. The molecule has 4 rings (SSSR count). The van der Waals surface area contributed by atoms with Gasteiger partial charge in [-0.1, -0.05) is 48.0 Å². The Morgan fingerprint density at radius 2 is 1.57 bits per heavy atom. The highest BCUT2D eigenvalue weighted by molar-refractivity contribution is 6.46. The number of carbonyl (C=O) groups excluding carboxylic acids is 2. The maximum atomic E-state index is 13.4. The van der Waals surface area contributed by atoms with Crippen molar-refractivity contribution < 1.29 is 14.3 Å². The minimum Gasteiger partial charge on any atom is -0.497 e. The average Bonchev–Trinajstić information content (AvgIpc) is 3.01. The zero-order valence-corrected chi connectivity index (χ0v) is 17.2. The second-order valence-corrected chi connectivity index (χ2v) is 7.21. The van der Waals surface area contributed by atoms with Gasteiger partial charge in [0.15, 0.2) is 0 Å². The first-order valence-electron chi connectivity index (χ1n) is 9.36. The zero-order chi connectivity index (χ0) is 21.3. The predicted molar refractivity (Wildman–Crippen MR) is 119 cm³/mol. The fourth-order valence-corrected chi connectivity index (χ4v) is 3.56. The maximum Gasteiger partial charge on any atom is 0.282 e. The number of hydrogen-bond acceptors (Lipinski definition) is 4. The normalized spacial score (nSPS) is 13.8. The molecule has 0 aliphatic carbocycles. The lowest BCUT2D eigenvalue weighted by molar-refractivity contribution is -0.120. The van der Waals surface area contributed by atoms with Gasteiger partial charge in [0.25, 0.3) is 11.8 Å². The molecule has 0 fully saturated rings. The minimum absolute atomic E-state index is 0.218. The summed E-state index contributed by atoms with van der Waals surface area (Å²) in [5, 5.41) is 3.63. The molecule has 0 aromatic heterocycles. The Morgan fingerprint density at radius 1 is 0.867 bits per heavy atom. The number of nitrogens with zero attached hydrogens (tertiary/aromatic N) is 1. The number of nitrogens with one attached hydrogen (secondary N) is 1. The minimum atomic E-state index is -0.431. The van der Waals surface area contributed by atoms with Crippen molar-refractivity contribution in [2.45, 2.75) is 6.92 Å². The molecule has 0 radical (unpaired) electrons. The van der Waals surface area contributed by atoms with Crippen molar-refractivity contribution in [2.24, 2.45) is 0 Å². The number of amides is 2. The van der Waals surface area contributed by atoms with Gasteiger partial charge in [-0.15, -0.1) is 0 Å². The number of benzene rings is 3. The predicted octanol–water partition coefficient (Wildman–Crippen LogP) is 5.05. The fourth-order valence-electron chi connectivity index (χ4n) is 3.39. The van der Waals surface area contributed by atoms with E-state index < -0.39 is 11.8 Å². The van der Waals surface area contributed by atoms with E-state index in [-0.39, 0.29) is 5.70 Å². The molecule has 2 amide bonds. The van der Waals surface area contributed by atoms with Gasteiger partial charge in [0.1, 0.15) is 11.4 Å². The number of hydrogen-bond donors (Lipinski definition) is 1. The molecule has 1 aliphatic rings. The van der Waals surface area contributed by atoms with Crippen LogP contribution in [0.5, 0.6) is 5.75 Å². The van der Waals surface area contributed by atoms with E-state index in [0.29, 0.717) is 38.8 Å². The van der Waals surface area contributed by atoms with Crippen LogP contribution in [0.3, 0.4) is 0 Å². The van der Waals surface area contributed by atoms with Crippen molar-refractivity contribution in [3.05, 3.63) is 94.6 Å². The number of anilines is 2. The molecule has 150 valence electrons. The lowest BCUT2D eigenvalue weighted by Gasteiger charge is -2.18. The van der Waals surface area contributed by atoms with Crippen LogP contribution in [0.2, 0.25) is 5.02 Å². The Bertz CT molecular complexity index is 1150. The summed E-state index contributed by atoms with van der Waals surface area (Å²) in [4.78, 5) is 28.0. The fraction of sp³-hybridized carbons (Fsp3) is 0.0833. The summed E-state index contributed by atoms with van der Waals surface area (Å²) < 4.78 is 5.19. The molecule has 30 heavy (non-hydrogen) atoms. The van der Waals surface area contributed by atoms with E-state index in [1.54, 1.807) is 56.5 Å². The van der Waals surface area contributed by atoms with E-state index in [0.717, 1.165) is 0 Å². The smallest absolute Gasteiger partial charge is 0.282 e. The Hall–Kier alpha value is -3.57. The monoisotopic (exact) mass is 418 g/mol. The molecule has 0 unspecified atom stereocenters. The average molecular weight is 419 g/mol. The van der Waals surface area contributed by atoms with Crippen molar-refractivity contribution >= 4 is 40.4 Å². The van der Waals surface area contributed by atoms with Gasteiger partial charge >= 0.3 is 0 Å². The third-order valence-corrected chi connectivity index (χ3v) is 5.40. The lowest BCUT2D eigenvalue weighted by atomic mass is 10.0. The maximum absolute atomic E-state index is 13.4. The Morgan fingerprint density at radius 3 is 2.23 bits per heavy atom. The van der Waals surface area contributed by atoms with Gasteiger partial charge in [0.2, 0.25) is 0 Å². The van der Waals surface area contributed by atoms with Gasteiger partial charge in [-0.25, -0.2) is 4.90 Å². The Balaban J connectivity index is 1.81. The van der Waals surface area contributed by atoms with Gasteiger partial charge in [0, 0.05) is 10.7 Å². The van der Waals surface area contributed by atoms with E-state index >= 15 is 0 Å². The van der Waals surface area contributed by atoms with E-state index in [4.69, 9.17) is 16.3 Å². The summed E-state index contributed by atoms with van der Waals surface area (Å²) >= 11 is 6.25. The summed E-state index contributed by atoms with van der Waals surface area (Å²) in [6, 6.07) is 21.5. The Kier molecular flexibility index (Phi) is 5.29. The van der Waals surface area contributed by atoms with Crippen molar-refractivity contribution in [3.8, 4) is 5.75 Å². The van der Waals surface area contributed by atoms with E-state index in [1.165, 1.54) is 4.90 Å². The highest BCUT2D eigenvalue weighted by atomic mass is 35.5. The van der Waals surface area contributed by atoms with Gasteiger partial charge in [-0.3, -0.25) is 9.59 Å². The molecule has 6 heteroatoms. The van der Waals surface area contributed by atoms with Crippen LogP contribution in [0.25, 0.3) is 5.57 Å². The highest BCUT2D eigenvalue weighted by Crippen LogP contribution is 2.36. The molecule has 3 aromatic carbocycles. The van der Waals surface area contributed by atoms with Crippen LogP contribution in [0.15, 0.2) is 78.5 Å². The second-order valence-electron chi connectivity index (χ2n) is 6.80. The zero-order valence-electron chi connectivity index (χ0n) is 16.5. The van der Waals surface area contributed by atoms with E-state index in [1.807, 2.05) is 30.3 Å². The number of halogens is 1. The molecule has 1 aliphatic heterocycles. The van der Waals surface area contributed by atoms with Crippen LogP contribution < -0.4 is 15.0 Å². The summed E-state index contributed by atoms with van der Waals surface area (Å²) in [5.41, 5.74) is 3.00. The third-order valence-electron chi connectivity index (χ3n) is 4.99. The quantitative estimate of drug-likeness (QED) is 0.589. The molecule has 1 N–H and O–H groups in total. The molecule has 0 bridgehead atoms. The van der Waals surface area contributed by atoms with Crippen LogP contribution >= 0.6 is 11.6 Å². The molecule has 0 saturated carbocycles. The Labute approximate surface area is 179 Å². The third kappa shape index (κ3) is 3.44. The lowest BCUT2D eigenvalue weighted by Crippen LogP contribution is -2.33. The van der Waals surface area contributed by atoms with Gasteiger partial charge in [-0.05, 0) is 54.4 Å². The number of methoxy groups -OCH3 is 1. The van der Waals surface area contributed by atoms with Crippen molar-refractivity contribution in [2.75, 3.05) is 17.3 Å². The molecule has 3 aromatic rings. The molecule has 5 nitrogen and oxygen atoms in total. The van der Waals surface area contributed by atoms with Gasteiger partial charge in [-0.2, -0.15) is 0 Å². The van der Waals surface area contributed by atoms with Gasteiger partial charge < -0.3 is 10.1 Å². The molecular weight excluding hydrogens is 400 g/mol. The van der Waals surface area contributed by atoms with Crippen LogP contribution in [0.1, 0.15) is 11.1 Å². The summed E-state index contributed by atoms with van der Waals surface area (Å²) in [7, 11) is 1.59. The number of rotatable bonds is 5. The molecule has 0 atom stereocenters. The largest absolute Gasteiger partial charge is 0.497 e. The molecule has 0 saturated heterocycles. The number of ether oxygens (including phenoxy) is 1. The number of imide groups is 1. The highest BCUT2D eigenvalue weighted by Gasteiger charge is 2.40. The van der Waals surface area contributed by atoms with E-state index in [9.17, 15) is 9.59 Å². The standard InChI is InChI=1S/C24H19ClN2O3/c1-15-19(25)9-6-10-20(15)27-23(28)21(16-7-4-3-5-8-16)22(24(27)29)26-17-11-13-18(30-2)14-12-17/h3-14,26H,1-2H3. The van der Waals surface area contributed by atoms with Crippen molar-refractivity contribution in [1.29, 1.82) is 0 Å². The molecular formula is C24H19ClN2O3. The number of carbonyl (C=O) groups is 2. The molecule has 1 heterocycles. The second kappa shape index (κ2) is 8.05. The first-order valence-corrected chi connectivity index (χ1v) is 9.73. The molecule has 0 spiro atoms. The van der Waals surface area contributed by atoms with Crippen LogP contribution in [-0.4, -0.2) is 18.9 Å². The van der Waals surface area contributed by atoms with Crippen molar-refractivity contribution in [3.63, 3.8) is 0 Å². The summed E-state index contributed by atoms with van der Waals surface area (Å²) in [6.07, 6.45) is 0. The SMILES string of the molecule is COc1ccc(NC2=C(c3ccccc3)C(=O)N(c3cccc(Cl)c3C)C2=O)cc1. The van der Waals surface area contributed by atoms with Crippen LogP contribution in [0.4, 0.5) is 11.4 Å².